The molecule has 1 fully saturated rings. The smallest absolute Gasteiger partial charge is 0.462 e. The zero-order valence-electron chi connectivity index (χ0n) is 36.1. The van der Waals surface area contributed by atoms with E-state index >= 15 is 0 Å². The third kappa shape index (κ3) is 27.5. The molecule has 14 nitrogen and oxygen atoms in total. The summed E-state index contributed by atoms with van der Waals surface area (Å²) < 4.78 is 33.3. The molecule has 0 spiro atoms. The highest BCUT2D eigenvalue weighted by Crippen LogP contribution is 2.47. The van der Waals surface area contributed by atoms with Crippen LogP contribution in [0, 0.1) is 0 Å². The largest absolute Gasteiger partial charge is 0.472 e. The lowest BCUT2D eigenvalue weighted by Gasteiger charge is -2.41. The molecule has 0 aromatic rings. The Balaban J connectivity index is 2.58. The van der Waals surface area contributed by atoms with Gasteiger partial charge in [0.2, 0.25) is 0 Å². The van der Waals surface area contributed by atoms with Gasteiger partial charge in [-0.15, -0.1) is 0 Å². The zero-order chi connectivity index (χ0) is 44.4. The van der Waals surface area contributed by atoms with Gasteiger partial charge >= 0.3 is 19.8 Å². The van der Waals surface area contributed by atoms with Crippen LogP contribution in [0.3, 0.4) is 0 Å². The Morgan fingerprint density at radius 3 is 1.78 bits per heavy atom. The van der Waals surface area contributed by atoms with Crippen LogP contribution in [0.1, 0.15) is 149 Å². The number of unbranched alkanes of at least 4 members (excludes halogenated alkanes) is 13. The van der Waals surface area contributed by atoms with Crippen LogP contribution in [0.25, 0.3) is 0 Å². The van der Waals surface area contributed by atoms with E-state index in [4.69, 9.17) is 18.5 Å². The Morgan fingerprint density at radius 2 is 1.12 bits per heavy atom. The van der Waals surface area contributed by atoms with Gasteiger partial charge in [-0.25, -0.2) is 4.57 Å². The minimum atomic E-state index is -5.16. The molecule has 346 valence electrons. The highest BCUT2D eigenvalue weighted by Gasteiger charge is 2.51. The topological polar surface area (TPSA) is 230 Å². The predicted octanol–water partition coefficient (Wildman–Crippen LogP) is 7.14. The molecule has 60 heavy (non-hydrogen) atoms. The molecule has 1 aliphatic rings. The van der Waals surface area contributed by atoms with Crippen molar-refractivity contribution < 1.29 is 68.2 Å². The van der Waals surface area contributed by atoms with Gasteiger partial charge in [0.25, 0.3) is 0 Å². The van der Waals surface area contributed by atoms with E-state index < -0.39 is 81.8 Å². The molecular formula is C45H77O14P. The fraction of sp³-hybridized carbons (Fsp3) is 0.733. The van der Waals surface area contributed by atoms with Gasteiger partial charge < -0.3 is 45.0 Å². The number of allylic oxidation sites excluding steroid dienone is 8. The van der Waals surface area contributed by atoms with E-state index in [-0.39, 0.29) is 12.8 Å². The number of aliphatic hydroxyl groups is 6. The van der Waals surface area contributed by atoms with E-state index in [0.29, 0.717) is 25.7 Å². The van der Waals surface area contributed by atoms with E-state index in [1.807, 2.05) is 18.2 Å². The second kappa shape index (κ2) is 35.0. The highest BCUT2D eigenvalue weighted by molar-refractivity contribution is 7.47. The van der Waals surface area contributed by atoms with Crippen LogP contribution in [0.4, 0.5) is 0 Å². The number of carbonyl (C=O) groups is 2. The fourth-order valence-corrected chi connectivity index (χ4v) is 7.21. The van der Waals surface area contributed by atoms with E-state index in [2.05, 4.69) is 38.2 Å². The first-order valence-corrected chi connectivity index (χ1v) is 23.7. The lowest BCUT2D eigenvalue weighted by Crippen LogP contribution is -2.64. The van der Waals surface area contributed by atoms with Crippen LogP contribution in [-0.2, 0) is 32.7 Å². The summed E-state index contributed by atoms with van der Waals surface area (Å²) in [5, 5.41) is 60.2. The maximum absolute atomic E-state index is 12.8. The van der Waals surface area contributed by atoms with Crippen LogP contribution in [0.15, 0.2) is 60.8 Å². The average Bonchev–Trinajstić information content (AvgIpc) is 3.22. The second-order valence-electron chi connectivity index (χ2n) is 15.4. The molecule has 1 rings (SSSR count). The van der Waals surface area contributed by atoms with Crippen LogP contribution in [-0.4, -0.2) is 110 Å². The number of phosphoric acid groups is 1. The predicted molar refractivity (Wildman–Crippen MR) is 232 cm³/mol. The summed E-state index contributed by atoms with van der Waals surface area (Å²) in [7, 11) is -5.16. The Morgan fingerprint density at radius 1 is 0.600 bits per heavy atom. The number of carbonyl (C=O) groups excluding carboxylic acids is 2. The summed E-state index contributed by atoms with van der Waals surface area (Å²) in [6.07, 6.45) is 24.4. The molecule has 0 radical (unpaired) electrons. The molecule has 9 atom stereocenters. The summed E-state index contributed by atoms with van der Waals surface area (Å²) in [5.41, 5.74) is 0. The second-order valence-corrected chi connectivity index (χ2v) is 16.8. The summed E-state index contributed by atoms with van der Waals surface area (Å²) in [6, 6.07) is 0. The van der Waals surface area contributed by atoms with Crippen molar-refractivity contribution in [3.63, 3.8) is 0 Å². The third-order valence-electron chi connectivity index (χ3n) is 9.91. The molecule has 4 unspecified atom stereocenters. The normalized spacial score (nSPS) is 23.3. The van der Waals surface area contributed by atoms with Gasteiger partial charge in [-0.05, 0) is 70.6 Å². The zero-order valence-corrected chi connectivity index (χ0v) is 37.0. The van der Waals surface area contributed by atoms with Gasteiger partial charge in [0.15, 0.2) is 6.10 Å². The number of hydrogen-bond donors (Lipinski definition) is 7. The van der Waals surface area contributed by atoms with Gasteiger partial charge in [0.05, 0.1) is 12.7 Å². The Labute approximate surface area is 358 Å². The first-order chi connectivity index (χ1) is 28.8. The van der Waals surface area contributed by atoms with Gasteiger partial charge in [-0.1, -0.05) is 126 Å². The molecule has 0 amide bonds. The number of ether oxygens (including phenoxy) is 2. The maximum atomic E-state index is 12.8. The van der Waals surface area contributed by atoms with E-state index in [0.717, 1.165) is 51.4 Å². The van der Waals surface area contributed by atoms with Crippen molar-refractivity contribution in [2.24, 2.45) is 0 Å². The van der Waals surface area contributed by atoms with Crippen molar-refractivity contribution in [2.45, 2.75) is 198 Å². The average molecular weight is 873 g/mol. The van der Waals surface area contributed by atoms with Crippen molar-refractivity contribution in [1.29, 1.82) is 0 Å². The maximum Gasteiger partial charge on any atom is 0.472 e. The van der Waals surface area contributed by atoms with Crippen molar-refractivity contribution >= 4 is 19.8 Å². The van der Waals surface area contributed by atoms with Crippen molar-refractivity contribution in [1.82, 2.24) is 0 Å². The molecule has 0 saturated heterocycles. The number of esters is 2. The van der Waals surface area contributed by atoms with Crippen LogP contribution in [0.5, 0.6) is 0 Å². The Kier molecular flexibility index (Phi) is 32.4. The summed E-state index contributed by atoms with van der Waals surface area (Å²) in [6.45, 7) is 3.10. The summed E-state index contributed by atoms with van der Waals surface area (Å²) >= 11 is 0. The quantitative estimate of drug-likeness (QED) is 0.0110. The first kappa shape index (κ1) is 55.5. The van der Waals surface area contributed by atoms with Gasteiger partial charge in [-0.2, -0.15) is 0 Å². The van der Waals surface area contributed by atoms with E-state index in [1.165, 1.54) is 44.9 Å². The number of aliphatic hydroxyl groups excluding tert-OH is 6. The first-order valence-electron chi connectivity index (χ1n) is 22.2. The molecule has 0 aromatic carbocycles. The monoisotopic (exact) mass is 873 g/mol. The van der Waals surface area contributed by atoms with Crippen molar-refractivity contribution in [3.8, 4) is 0 Å². The highest BCUT2D eigenvalue weighted by atomic mass is 31.2. The van der Waals surface area contributed by atoms with Crippen LogP contribution in [0.2, 0.25) is 0 Å². The fourth-order valence-electron chi connectivity index (χ4n) is 6.24. The standard InChI is InChI=1S/C45H77O14P/c1-3-5-7-9-11-13-14-15-16-18-20-24-28-32-38(47)56-34-37(35-57-60(54,55)59-45-43(52)41(50)40(49)42(51)44(45)53)58-39(48)33-29-25-21-23-27-31-36(46)30-26-22-19-17-12-10-8-6-4-2/h12-14,17,21-23,26-27,31,36-37,40-46,49-53H,3-11,15-16,18-20,24-25,28-30,32-35H2,1-2H3,(H,54,55)/b14-13-,17-12-,23-21+,26-22-,31-27-/t36?,37-,40?,41-,42+,43-,44-,45?/m1/s1. The molecule has 0 bridgehead atoms. The lowest BCUT2D eigenvalue weighted by atomic mass is 9.85. The van der Waals surface area contributed by atoms with Gasteiger partial charge in [-0.3, -0.25) is 18.6 Å². The molecular weight excluding hydrogens is 795 g/mol. The lowest BCUT2D eigenvalue weighted by molar-refractivity contribution is -0.220. The van der Waals surface area contributed by atoms with Crippen molar-refractivity contribution in [3.05, 3.63) is 60.8 Å². The molecule has 1 aliphatic carbocycles. The number of phosphoric ester groups is 1. The molecule has 0 aromatic heterocycles. The van der Waals surface area contributed by atoms with Crippen LogP contribution >= 0.6 is 7.82 Å². The van der Waals surface area contributed by atoms with Gasteiger partial charge in [0, 0.05) is 12.8 Å². The van der Waals surface area contributed by atoms with Crippen LogP contribution < -0.4 is 0 Å². The molecule has 1 saturated carbocycles. The minimum Gasteiger partial charge on any atom is -0.462 e. The SMILES string of the molecule is CCCCC/C=C\C/C=C\CC(O)/C=C\C=C\CCCC(=O)O[C@H](COC(=O)CCCCCCC/C=C\CCCCCC)COP(=O)(O)OC1[C@H](O)[C@H](O)C(O)[C@H](O)[C@H]1O. The molecule has 0 aliphatic heterocycles. The molecule has 15 heteroatoms. The minimum absolute atomic E-state index is 0.0421. The number of hydrogen-bond acceptors (Lipinski definition) is 13. The summed E-state index contributed by atoms with van der Waals surface area (Å²) in [5.74, 6) is -1.25. The van der Waals surface area contributed by atoms with Crippen molar-refractivity contribution in [2.75, 3.05) is 13.2 Å². The molecule has 7 N–H and O–H groups in total. The van der Waals surface area contributed by atoms with E-state index in [9.17, 15) is 49.7 Å². The number of rotatable bonds is 35. The third-order valence-corrected chi connectivity index (χ3v) is 10.9. The molecule has 0 heterocycles. The van der Waals surface area contributed by atoms with Gasteiger partial charge in [0.1, 0.15) is 43.2 Å². The Bertz CT molecular complexity index is 1300. The van der Waals surface area contributed by atoms with E-state index in [1.54, 1.807) is 18.2 Å². The Hall–Kier alpha value is -2.49. The summed E-state index contributed by atoms with van der Waals surface area (Å²) in [4.78, 5) is 35.6.